The molecule has 0 saturated heterocycles. The summed E-state index contributed by atoms with van der Waals surface area (Å²) in [6, 6.07) is 0.518. The van der Waals surface area contributed by atoms with Gasteiger partial charge < -0.3 is 11.1 Å². The van der Waals surface area contributed by atoms with Crippen LogP contribution >= 0.6 is 23.3 Å². The fourth-order valence-electron chi connectivity index (χ4n) is 3.72. The average Bonchev–Trinajstić information content (AvgIpc) is 2.54. The lowest BCUT2D eigenvalue weighted by Gasteiger charge is -2.45. The molecule has 2 rings (SSSR count). The third kappa shape index (κ3) is 3.57. The highest BCUT2D eigenvalue weighted by molar-refractivity contribution is 7.99. The van der Waals surface area contributed by atoms with Crippen molar-refractivity contribution in [2.24, 2.45) is 10.8 Å². The van der Waals surface area contributed by atoms with E-state index in [1.165, 1.54) is 30.8 Å². The molecule has 5 heteroatoms. The summed E-state index contributed by atoms with van der Waals surface area (Å²) in [4.78, 5) is 1.10. The summed E-state index contributed by atoms with van der Waals surface area (Å²) in [6.45, 7) is 9.50. The molecule has 1 aliphatic carbocycles. The van der Waals surface area contributed by atoms with E-state index in [1.54, 1.807) is 11.8 Å². The first kappa shape index (κ1) is 15.0. The summed E-state index contributed by atoms with van der Waals surface area (Å²) in [5.41, 5.74) is 6.70. The highest BCUT2D eigenvalue weighted by Gasteiger charge is 2.38. The van der Waals surface area contributed by atoms with Gasteiger partial charge in [0, 0.05) is 6.04 Å². The maximum atomic E-state index is 5.90. The van der Waals surface area contributed by atoms with Crippen LogP contribution in [0.3, 0.4) is 0 Å². The number of nitrogens with zero attached hydrogens (tertiary/aromatic N) is 1. The smallest absolute Gasteiger partial charge is 0.153 e. The van der Waals surface area contributed by atoms with Crippen molar-refractivity contribution in [3.8, 4) is 0 Å². The molecule has 19 heavy (non-hydrogen) atoms. The molecule has 1 fully saturated rings. The summed E-state index contributed by atoms with van der Waals surface area (Å²) in [7, 11) is 0. The van der Waals surface area contributed by atoms with E-state index >= 15 is 0 Å². The molecule has 1 aromatic rings. The van der Waals surface area contributed by atoms with E-state index in [0.29, 0.717) is 22.7 Å². The van der Waals surface area contributed by atoms with E-state index in [1.807, 2.05) is 0 Å². The second-order valence-corrected chi connectivity index (χ2v) is 8.77. The topological polar surface area (TPSA) is 50.9 Å². The van der Waals surface area contributed by atoms with E-state index in [-0.39, 0.29) is 0 Å². The average molecular weight is 300 g/mol. The van der Waals surface area contributed by atoms with E-state index in [2.05, 4.69) is 43.6 Å². The zero-order valence-corrected chi connectivity index (χ0v) is 14.2. The zero-order chi connectivity index (χ0) is 14.3. The fourth-order valence-corrected chi connectivity index (χ4v) is 5.32. The molecule has 1 saturated carbocycles. The summed E-state index contributed by atoms with van der Waals surface area (Å²) in [6.07, 6.45) is 5.77. The van der Waals surface area contributed by atoms with Crippen molar-refractivity contribution in [3.63, 3.8) is 0 Å². The number of rotatable bonds is 3. The van der Waals surface area contributed by atoms with Crippen LogP contribution < -0.4 is 11.1 Å². The van der Waals surface area contributed by atoms with Crippen molar-refractivity contribution in [2.75, 3.05) is 17.3 Å². The highest BCUT2D eigenvalue weighted by Crippen LogP contribution is 2.47. The van der Waals surface area contributed by atoms with Crippen LogP contribution in [-0.4, -0.2) is 16.7 Å². The van der Waals surface area contributed by atoms with Gasteiger partial charge in [-0.3, -0.25) is 0 Å². The molecule has 3 nitrogen and oxygen atoms in total. The molecule has 1 aliphatic rings. The molecule has 0 radical (unpaired) electrons. The highest BCUT2D eigenvalue weighted by atomic mass is 32.2. The molecule has 0 spiro atoms. The minimum atomic E-state index is 0.398. The Kier molecular flexibility index (Phi) is 4.07. The van der Waals surface area contributed by atoms with Gasteiger partial charge in [-0.1, -0.05) is 27.7 Å². The molecule has 108 valence electrons. The van der Waals surface area contributed by atoms with Crippen LogP contribution in [0.15, 0.2) is 4.90 Å². The van der Waals surface area contributed by atoms with Crippen LogP contribution in [0.1, 0.15) is 47.0 Å². The van der Waals surface area contributed by atoms with Gasteiger partial charge in [0.1, 0.15) is 5.00 Å². The molecule has 1 heterocycles. The van der Waals surface area contributed by atoms with Crippen molar-refractivity contribution in [2.45, 2.75) is 57.9 Å². The molecule has 0 unspecified atom stereocenters. The van der Waals surface area contributed by atoms with E-state index < -0.39 is 0 Å². The predicted octanol–water partition coefficient (Wildman–Crippen LogP) is 4.46. The van der Waals surface area contributed by atoms with Crippen LogP contribution in [-0.2, 0) is 0 Å². The first-order valence-corrected chi connectivity index (χ1v) is 8.78. The molecular weight excluding hydrogens is 274 g/mol. The van der Waals surface area contributed by atoms with Crippen LogP contribution in [0.5, 0.6) is 0 Å². The number of nitrogens with one attached hydrogen (secondary N) is 1. The van der Waals surface area contributed by atoms with Gasteiger partial charge in [-0.2, -0.15) is 4.37 Å². The third-order valence-corrected chi connectivity index (χ3v) is 5.51. The number of nitrogen functional groups attached to an aromatic ring is 1. The number of hydrogen-bond donors (Lipinski definition) is 2. The Morgan fingerprint density at radius 3 is 2.37 bits per heavy atom. The molecule has 0 aromatic carbocycles. The number of thioether (sulfide) groups is 1. The van der Waals surface area contributed by atoms with Gasteiger partial charge in [-0.25, -0.2) is 0 Å². The van der Waals surface area contributed by atoms with Gasteiger partial charge in [0.05, 0.1) is 4.90 Å². The molecule has 0 aliphatic heterocycles. The van der Waals surface area contributed by atoms with Crippen molar-refractivity contribution in [1.82, 2.24) is 4.37 Å². The Bertz CT molecular complexity index is 436. The molecule has 0 amide bonds. The summed E-state index contributed by atoms with van der Waals surface area (Å²) in [5.74, 6) is 0.661. The summed E-state index contributed by atoms with van der Waals surface area (Å²) < 4.78 is 4.26. The van der Waals surface area contributed by atoms with Crippen molar-refractivity contribution < 1.29 is 0 Å². The van der Waals surface area contributed by atoms with Crippen LogP contribution in [0.4, 0.5) is 10.8 Å². The maximum Gasteiger partial charge on any atom is 0.153 e. The SMILES string of the molecule is CSc1c(N)nsc1NC1CC(C)(C)CC(C)(C)C1. The van der Waals surface area contributed by atoms with Crippen LogP contribution in [0.2, 0.25) is 0 Å². The summed E-state index contributed by atoms with van der Waals surface area (Å²) in [5, 5.41) is 4.83. The van der Waals surface area contributed by atoms with E-state index in [0.717, 1.165) is 9.90 Å². The van der Waals surface area contributed by atoms with Gasteiger partial charge in [-0.05, 0) is 47.9 Å². The lowest BCUT2D eigenvalue weighted by atomic mass is 9.63. The monoisotopic (exact) mass is 299 g/mol. The number of hydrogen-bond acceptors (Lipinski definition) is 5. The Hall–Kier alpha value is -0.420. The first-order chi connectivity index (χ1) is 8.72. The van der Waals surface area contributed by atoms with Gasteiger partial charge in [0.25, 0.3) is 0 Å². The van der Waals surface area contributed by atoms with Crippen molar-refractivity contribution in [3.05, 3.63) is 0 Å². The quantitative estimate of drug-likeness (QED) is 0.809. The molecule has 3 N–H and O–H groups in total. The second-order valence-electron chi connectivity index (χ2n) is 7.18. The third-order valence-electron chi connectivity index (χ3n) is 3.77. The lowest BCUT2D eigenvalue weighted by molar-refractivity contribution is 0.105. The van der Waals surface area contributed by atoms with Crippen LogP contribution in [0.25, 0.3) is 0 Å². The van der Waals surface area contributed by atoms with Gasteiger partial charge in [-0.15, -0.1) is 11.8 Å². The Morgan fingerprint density at radius 1 is 1.26 bits per heavy atom. The van der Waals surface area contributed by atoms with Crippen LogP contribution in [0, 0.1) is 10.8 Å². The first-order valence-electron chi connectivity index (χ1n) is 6.78. The van der Waals surface area contributed by atoms with Gasteiger partial charge >= 0.3 is 0 Å². The molecule has 0 atom stereocenters. The van der Waals surface area contributed by atoms with Gasteiger partial charge in [0.15, 0.2) is 5.82 Å². The van der Waals surface area contributed by atoms with Crippen molar-refractivity contribution >= 4 is 34.1 Å². The minimum absolute atomic E-state index is 0.398. The molecule has 0 bridgehead atoms. The number of nitrogens with two attached hydrogens (primary N) is 1. The van der Waals surface area contributed by atoms with E-state index in [4.69, 9.17) is 5.73 Å². The zero-order valence-electron chi connectivity index (χ0n) is 12.5. The van der Waals surface area contributed by atoms with Gasteiger partial charge in [0.2, 0.25) is 0 Å². The Labute approximate surface area is 124 Å². The normalized spacial score (nSPS) is 22.4. The Balaban J connectivity index is 2.14. The molecular formula is C14H25N3S2. The summed E-state index contributed by atoms with van der Waals surface area (Å²) >= 11 is 3.17. The number of aromatic nitrogens is 1. The van der Waals surface area contributed by atoms with E-state index in [9.17, 15) is 0 Å². The second kappa shape index (κ2) is 5.17. The maximum absolute atomic E-state index is 5.90. The standard InChI is InChI=1S/C14H25N3S2/c1-13(2)6-9(7-14(3,4)8-13)16-12-10(18-5)11(15)17-19-12/h9,16H,6-8H2,1-5H3,(H2,15,17). The minimum Gasteiger partial charge on any atom is -0.382 e. The Morgan fingerprint density at radius 2 is 1.84 bits per heavy atom. The lowest BCUT2D eigenvalue weighted by Crippen LogP contribution is -2.40. The number of anilines is 2. The fraction of sp³-hybridized carbons (Fsp3) is 0.786. The predicted molar refractivity (Wildman–Crippen MR) is 87.1 cm³/mol. The van der Waals surface area contributed by atoms with Crippen molar-refractivity contribution in [1.29, 1.82) is 0 Å². The largest absolute Gasteiger partial charge is 0.382 e. The molecule has 1 aromatic heterocycles.